The number of ketones is 1. The Labute approximate surface area is 194 Å². The van der Waals surface area contributed by atoms with E-state index < -0.39 is 5.92 Å². The van der Waals surface area contributed by atoms with E-state index in [-0.39, 0.29) is 17.7 Å². The first-order chi connectivity index (χ1) is 16.0. The fourth-order valence-electron chi connectivity index (χ4n) is 5.64. The minimum absolute atomic E-state index is 0.147. The smallest absolute Gasteiger partial charge is 0.334 e. The minimum Gasteiger partial charge on any atom is -0.466 e. The Bertz CT molecular complexity index is 1320. The molecule has 2 aliphatic rings. The fourth-order valence-corrected chi connectivity index (χ4v) is 5.64. The number of allylic oxidation sites excluding steroid dienone is 3. The molecule has 3 nitrogen and oxygen atoms in total. The number of fused-ring (bicyclic) bond motifs is 1. The Morgan fingerprint density at radius 1 is 0.909 bits per heavy atom. The molecule has 2 atom stereocenters. The maximum Gasteiger partial charge on any atom is 0.334 e. The van der Waals surface area contributed by atoms with Gasteiger partial charge >= 0.3 is 5.97 Å². The number of benzene rings is 3. The van der Waals surface area contributed by atoms with Crippen LogP contribution in [-0.2, 0) is 14.3 Å². The van der Waals surface area contributed by atoms with Crippen molar-refractivity contribution in [2.45, 2.75) is 44.9 Å². The summed E-state index contributed by atoms with van der Waals surface area (Å²) in [5.74, 6) is -0.407. The predicted molar refractivity (Wildman–Crippen MR) is 131 cm³/mol. The van der Waals surface area contributed by atoms with Gasteiger partial charge in [0.05, 0.1) is 7.11 Å². The third kappa shape index (κ3) is 3.72. The van der Waals surface area contributed by atoms with E-state index in [1.54, 1.807) is 0 Å². The molecular formula is C30H28O3. The Morgan fingerprint density at radius 3 is 2.39 bits per heavy atom. The molecule has 2 aliphatic carbocycles. The van der Waals surface area contributed by atoms with E-state index in [1.165, 1.54) is 23.8 Å². The summed E-state index contributed by atoms with van der Waals surface area (Å²) < 4.78 is 5.21. The first-order valence-electron chi connectivity index (χ1n) is 11.5. The highest BCUT2D eigenvalue weighted by molar-refractivity contribution is 6.05. The standard InChI is InChI=1S/C30H28O3/c1-18-11-13-20(14-12-18)22-16-23-15-19(2)27(30(32)33-3)29(28(23)26(31)17-22)25-10-6-8-21-7-4-5-9-24(21)25/h4-14,22,29H,15-17H2,1-3H3. The zero-order chi connectivity index (χ0) is 23.1. The first kappa shape index (κ1) is 21.4. The van der Waals surface area contributed by atoms with Crippen LogP contribution in [-0.4, -0.2) is 18.9 Å². The molecule has 0 radical (unpaired) electrons. The summed E-state index contributed by atoms with van der Waals surface area (Å²) in [5, 5.41) is 2.17. The number of hydrogen-bond acceptors (Lipinski definition) is 3. The number of ether oxygens (including phenoxy) is 1. The third-order valence-corrected chi connectivity index (χ3v) is 7.21. The average Bonchev–Trinajstić information content (AvgIpc) is 2.82. The molecule has 0 spiro atoms. The lowest BCUT2D eigenvalue weighted by Gasteiger charge is -2.36. The van der Waals surface area contributed by atoms with E-state index in [2.05, 4.69) is 55.5 Å². The third-order valence-electron chi connectivity index (χ3n) is 7.21. The van der Waals surface area contributed by atoms with Crippen molar-refractivity contribution in [3.8, 4) is 0 Å². The minimum atomic E-state index is -0.390. The van der Waals surface area contributed by atoms with Gasteiger partial charge in [-0.3, -0.25) is 4.79 Å². The molecule has 0 heterocycles. The lowest BCUT2D eigenvalue weighted by atomic mass is 9.66. The second kappa shape index (κ2) is 8.47. The summed E-state index contributed by atoms with van der Waals surface area (Å²) in [6.07, 6.45) is 1.96. The van der Waals surface area contributed by atoms with E-state index in [0.717, 1.165) is 33.9 Å². The largest absolute Gasteiger partial charge is 0.466 e. The van der Waals surface area contributed by atoms with Crippen LogP contribution in [0.5, 0.6) is 0 Å². The van der Waals surface area contributed by atoms with Crippen molar-refractivity contribution < 1.29 is 14.3 Å². The maximum absolute atomic E-state index is 13.7. The van der Waals surface area contributed by atoms with Crippen LogP contribution in [0, 0.1) is 6.92 Å². The number of rotatable bonds is 3. The molecule has 0 bridgehead atoms. The second-order valence-corrected chi connectivity index (χ2v) is 9.32. The number of carbonyl (C=O) groups excluding carboxylic acids is 2. The zero-order valence-electron chi connectivity index (χ0n) is 19.4. The van der Waals surface area contributed by atoms with Crippen molar-refractivity contribution in [2.24, 2.45) is 0 Å². The summed E-state index contributed by atoms with van der Waals surface area (Å²) in [6.45, 7) is 4.09. The van der Waals surface area contributed by atoms with Crippen molar-refractivity contribution in [2.75, 3.05) is 7.11 Å². The molecule has 5 rings (SSSR count). The van der Waals surface area contributed by atoms with Crippen LogP contribution in [0.1, 0.15) is 54.7 Å². The van der Waals surface area contributed by atoms with Crippen LogP contribution >= 0.6 is 0 Å². The summed E-state index contributed by atoms with van der Waals surface area (Å²) in [4.78, 5) is 26.7. The van der Waals surface area contributed by atoms with E-state index in [9.17, 15) is 9.59 Å². The van der Waals surface area contributed by atoms with Gasteiger partial charge in [0.1, 0.15) is 0 Å². The van der Waals surface area contributed by atoms with Crippen molar-refractivity contribution in [1.82, 2.24) is 0 Å². The summed E-state index contributed by atoms with van der Waals surface area (Å²) >= 11 is 0. The van der Waals surface area contributed by atoms with Gasteiger partial charge in [0.2, 0.25) is 0 Å². The highest BCUT2D eigenvalue weighted by atomic mass is 16.5. The van der Waals surface area contributed by atoms with Crippen LogP contribution < -0.4 is 0 Å². The molecule has 0 fully saturated rings. The summed E-state index contributed by atoms with van der Waals surface area (Å²) in [5.41, 5.74) is 7.02. The molecule has 3 heteroatoms. The van der Waals surface area contributed by atoms with Crippen molar-refractivity contribution in [3.05, 3.63) is 106 Å². The van der Waals surface area contributed by atoms with Crippen molar-refractivity contribution in [3.63, 3.8) is 0 Å². The summed E-state index contributed by atoms with van der Waals surface area (Å²) in [7, 11) is 1.42. The van der Waals surface area contributed by atoms with Gasteiger partial charge in [-0.05, 0) is 54.5 Å². The summed E-state index contributed by atoms with van der Waals surface area (Å²) in [6, 6.07) is 22.8. The van der Waals surface area contributed by atoms with Crippen LogP contribution in [0.25, 0.3) is 10.8 Å². The molecule has 0 amide bonds. The predicted octanol–water partition coefficient (Wildman–Crippen LogP) is 6.57. The Hall–Kier alpha value is -3.46. The van der Waals surface area contributed by atoms with Crippen molar-refractivity contribution in [1.29, 1.82) is 0 Å². The molecule has 0 saturated carbocycles. The van der Waals surface area contributed by atoms with Crippen LogP contribution in [0.4, 0.5) is 0 Å². The van der Waals surface area contributed by atoms with Crippen LogP contribution in [0.15, 0.2) is 89.0 Å². The number of esters is 1. The fraction of sp³-hybridized carbons (Fsp3) is 0.267. The topological polar surface area (TPSA) is 43.4 Å². The molecule has 0 saturated heterocycles. The Balaban J connectivity index is 1.67. The quantitative estimate of drug-likeness (QED) is 0.436. The van der Waals surface area contributed by atoms with Gasteiger partial charge in [0.15, 0.2) is 5.78 Å². The maximum atomic E-state index is 13.7. The van der Waals surface area contributed by atoms with Gasteiger partial charge in [-0.15, -0.1) is 0 Å². The van der Waals surface area contributed by atoms with E-state index in [4.69, 9.17) is 4.74 Å². The molecule has 0 N–H and O–H groups in total. The Morgan fingerprint density at radius 2 is 1.64 bits per heavy atom. The molecule has 33 heavy (non-hydrogen) atoms. The molecular weight excluding hydrogens is 408 g/mol. The van der Waals surface area contributed by atoms with E-state index >= 15 is 0 Å². The molecule has 0 aromatic heterocycles. The lowest BCUT2D eigenvalue weighted by molar-refractivity contribution is -0.136. The first-order valence-corrected chi connectivity index (χ1v) is 11.5. The number of carbonyl (C=O) groups is 2. The van der Waals surface area contributed by atoms with Gasteiger partial charge < -0.3 is 4.74 Å². The monoisotopic (exact) mass is 436 g/mol. The SMILES string of the molecule is COC(=O)C1=C(C)CC2=C(C(=O)CC(c3ccc(C)cc3)C2)C1c1cccc2ccccc12. The molecule has 2 unspecified atom stereocenters. The van der Waals surface area contributed by atoms with Gasteiger partial charge in [0.25, 0.3) is 0 Å². The van der Waals surface area contributed by atoms with Gasteiger partial charge in [-0.2, -0.15) is 0 Å². The number of methoxy groups -OCH3 is 1. The number of Topliss-reactive ketones (excluding diaryl/α,β-unsaturated/α-hetero) is 1. The van der Waals surface area contributed by atoms with Crippen molar-refractivity contribution >= 4 is 22.5 Å². The Kier molecular flexibility index (Phi) is 5.49. The molecule has 166 valence electrons. The van der Waals surface area contributed by atoms with Gasteiger partial charge in [0, 0.05) is 23.5 Å². The van der Waals surface area contributed by atoms with Crippen LogP contribution in [0.2, 0.25) is 0 Å². The number of aryl methyl sites for hydroxylation is 1. The zero-order valence-corrected chi connectivity index (χ0v) is 19.4. The highest BCUT2D eigenvalue weighted by Crippen LogP contribution is 2.50. The van der Waals surface area contributed by atoms with Crippen LogP contribution in [0.3, 0.4) is 0 Å². The van der Waals surface area contributed by atoms with Gasteiger partial charge in [-0.25, -0.2) is 4.79 Å². The molecule has 3 aromatic rings. The average molecular weight is 437 g/mol. The van der Waals surface area contributed by atoms with Gasteiger partial charge in [-0.1, -0.05) is 83.4 Å². The highest BCUT2D eigenvalue weighted by Gasteiger charge is 2.41. The van der Waals surface area contributed by atoms with E-state index in [1.807, 2.05) is 25.1 Å². The second-order valence-electron chi connectivity index (χ2n) is 9.32. The number of hydrogen-bond donors (Lipinski definition) is 0. The molecule has 0 aliphatic heterocycles. The normalized spacial score (nSPS) is 20.8. The lowest BCUT2D eigenvalue weighted by Crippen LogP contribution is -2.29. The molecule has 3 aromatic carbocycles. The van der Waals surface area contributed by atoms with E-state index in [0.29, 0.717) is 18.4 Å².